The number of aromatic nitrogens is 1. The van der Waals surface area contributed by atoms with E-state index in [4.69, 9.17) is 14.6 Å². The number of hydrogen-bond donors (Lipinski definition) is 2. The summed E-state index contributed by atoms with van der Waals surface area (Å²) in [7, 11) is 1.59. The van der Waals surface area contributed by atoms with Gasteiger partial charge >= 0.3 is 0 Å². The van der Waals surface area contributed by atoms with Gasteiger partial charge in [-0.25, -0.2) is 4.98 Å². The maximum Gasteiger partial charge on any atom is 0.222 e. The summed E-state index contributed by atoms with van der Waals surface area (Å²) < 4.78 is 11.1. The molecule has 6 heteroatoms. The van der Waals surface area contributed by atoms with E-state index >= 15 is 0 Å². The second-order valence-electron chi connectivity index (χ2n) is 5.68. The van der Waals surface area contributed by atoms with Crippen LogP contribution in [0.15, 0.2) is 48.5 Å². The van der Waals surface area contributed by atoms with Gasteiger partial charge in [-0.05, 0) is 23.8 Å². The normalized spacial score (nSPS) is 11.8. The first-order valence-electron chi connectivity index (χ1n) is 8.07. The summed E-state index contributed by atoms with van der Waals surface area (Å²) in [5.74, 6) is 0.895. The van der Waals surface area contributed by atoms with Crippen molar-refractivity contribution in [2.75, 3.05) is 20.3 Å². The third-order valence-corrected chi connectivity index (χ3v) is 3.96. The monoisotopic (exact) mass is 350 g/mol. The smallest absolute Gasteiger partial charge is 0.222 e. The highest BCUT2D eigenvalue weighted by atomic mass is 16.5. The molecule has 0 unspecified atom stereocenters. The highest BCUT2D eigenvalue weighted by molar-refractivity contribution is 6.02. The van der Waals surface area contributed by atoms with Gasteiger partial charge < -0.3 is 19.7 Å². The number of nitrogens with zero attached hydrogens (tertiary/aromatic N) is 2. The molecule has 6 nitrogen and oxygen atoms in total. The Balaban J connectivity index is 2.24. The fourth-order valence-electron chi connectivity index (χ4n) is 2.74. The molecule has 0 aliphatic rings. The molecule has 26 heavy (non-hydrogen) atoms. The average molecular weight is 350 g/mol. The molecule has 2 aromatic carbocycles. The molecule has 3 rings (SSSR count). The minimum atomic E-state index is -1.02. The van der Waals surface area contributed by atoms with Crippen LogP contribution in [0.3, 0.4) is 0 Å². The summed E-state index contributed by atoms with van der Waals surface area (Å²) in [6, 6.07) is 17.0. The molecular weight excluding hydrogens is 332 g/mol. The third kappa shape index (κ3) is 3.45. The molecular formula is C20H18N2O4. The molecule has 0 amide bonds. The standard InChI is InChI=1S/C20H18N2O4/c1-25-18-8-7-16-17(19(18)13-5-3-2-4-6-13)9-14(10-21)22-20(16)26-12-15(24)11-23/h2-9,15,23-24H,11-12H2,1H3/t15-/m1/s1. The van der Waals surface area contributed by atoms with Crippen LogP contribution in [-0.4, -0.2) is 41.6 Å². The highest BCUT2D eigenvalue weighted by Gasteiger charge is 2.16. The summed E-state index contributed by atoms with van der Waals surface area (Å²) in [6.07, 6.45) is -1.02. The highest BCUT2D eigenvalue weighted by Crippen LogP contribution is 2.39. The second-order valence-corrected chi connectivity index (χ2v) is 5.68. The Morgan fingerprint density at radius 1 is 1.15 bits per heavy atom. The number of rotatable bonds is 6. The van der Waals surface area contributed by atoms with Gasteiger partial charge in [-0.1, -0.05) is 30.3 Å². The van der Waals surface area contributed by atoms with E-state index in [1.165, 1.54) is 0 Å². The Morgan fingerprint density at radius 3 is 2.58 bits per heavy atom. The number of fused-ring (bicyclic) bond motifs is 1. The van der Waals surface area contributed by atoms with E-state index in [0.29, 0.717) is 11.1 Å². The third-order valence-electron chi connectivity index (χ3n) is 3.96. The van der Waals surface area contributed by atoms with Gasteiger partial charge in [0.2, 0.25) is 5.88 Å². The van der Waals surface area contributed by atoms with Gasteiger partial charge in [-0.3, -0.25) is 0 Å². The molecule has 0 aliphatic heterocycles. The van der Waals surface area contributed by atoms with Gasteiger partial charge in [0, 0.05) is 16.3 Å². The van der Waals surface area contributed by atoms with Crippen LogP contribution >= 0.6 is 0 Å². The maximum atomic E-state index is 9.54. The molecule has 0 saturated carbocycles. The molecule has 0 fully saturated rings. The first-order chi connectivity index (χ1) is 12.7. The van der Waals surface area contributed by atoms with Crippen molar-refractivity contribution in [2.24, 2.45) is 0 Å². The Labute approximate surface area is 150 Å². The quantitative estimate of drug-likeness (QED) is 0.709. The largest absolute Gasteiger partial charge is 0.496 e. The fraction of sp³-hybridized carbons (Fsp3) is 0.200. The molecule has 3 aromatic rings. The molecule has 0 aliphatic carbocycles. The summed E-state index contributed by atoms with van der Waals surface area (Å²) in [4.78, 5) is 4.20. The zero-order chi connectivity index (χ0) is 18.5. The zero-order valence-electron chi connectivity index (χ0n) is 14.2. The summed E-state index contributed by atoms with van der Waals surface area (Å²) in [5.41, 5.74) is 1.96. The second kappa shape index (κ2) is 7.83. The number of methoxy groups -OCH3 is 1. The van der Waals surface area contributed by atoms with Crippen LogP contribution in [0.1, 0.15) is 5.69 Å². The van der Waals surface area contributed by atoms with Crippen molar-refractivity contribution in [3.8, 4) is 28.8 Å². The van der Waals surface area contributed by atoms with E-state index in [0.717, 1.165) is 16.5 Å². The van der Waals surface area contributed by atoms with E-state index in [-0.39, 0.29) is 18.2 Å². The molecule has 0 bridgehead atoms. The van der Waals surface area contributed by atoms with E-state index in [9.17, 15) is 10.4 Å². The van der Waals surface area contributed by atoms with Crippen LogP contribution in [-0.2, 0) is 0 Å². The van der Waals surface area contributed by atoms with Crippen LogP contribution in [0.2, 0.25) is 0 Å². The SMILES string of the molecule is COc1ccc2c(OC[C@H](O)CO)nc(C#N)cc2c1-c1ccccc1. The Bertz CT molecular complexity index is 951. The van der Waals surface area contributed by atoms with Crippen molar-refractivity contribution in [1.29, 1.82) is 5.26 Å². The first kappa shape index (κ1) is 17.7. The predicted molar refractivity (Wildman–Crippen MR) is 97.0 cm³/mol. The lowest BCUT2D eigenvalue weighted by molar-refractivity contribution is 0.0526. The Kier molecular flexibility index (Phi) is 5.32. The number of pyridine rings is 1. The van der Waals surface area contributed by atoms with Crippen LogP contribution in [0.5, 0.6) is 11.6 Å². The predicted octanol–water partition coefficient (Wildman–Crippen LogP) is 2.51. The van der Waals surface area contributed by atoms with Crippen LogP contribution < -0.4 is 9.47 Å². The van der Waals surface area contributed by atoms with Crippen molar-refractivity contribution in [3.05, 3.63) is 54.2 Å². The minimum Gasteiger partial charge on any atom is -0.496 e. The maximum absolute atomic E-state index is 9.54. The zero-order valence-corrected chi connectivity index (χ0v) is 14.2. The van der Waals surface area contributed by atoms with Crippen LogP contribution in [0.25, 0.3) is 21.9 Å². The average Bonchev–Trinajstić information content (AvgIpc) is 2.70. The van der Waals surface area contributed by atoms with E-state index in [1.54, 1.807) is 19.2 Å². The number of benzene rings is 2. The van der Waals surface area contributed by atoms with Crippen molar-refractivity contribution in [3.63, 3.8) is 0 Å². The van der Waals surface area contributed by atoms with Gasteiger partial charge in [0.1, 0.15) is 30.2 Å². The first-order valence-corrected chi connectivity index (χ1v) is 8.07. The van der Waals surface area contributed by atoms with E-state index < -0.39 is 12.7 Å². The topological polar surface area (TPSA) is 95.6 Å². The summed E-state index contributed by atoms with van der Waals surface area (Å²) in [6.45, 7) is -0.543. The fourth-order valence-corrected chi connectivity index (χ4v) is 2.74. The minimum absolute atomic E-state index is 0.125. The number of aliphatic hydroxyl groups excluding tert-OH is 2. The molecule has 1 heterocycles. The van der Waals surface area contributed by atoms with Crippen molar-refractivity contribution in [2.45, 2.75) is 6.10 Å². The van der Waals surface area contributed by atoms with Crippen LogP contribution in [0.4, 0.5) is 0 Å². The van der Waals surface area contributed by atoms with Gasteiger partial charge in [-0.2, -0.15) is 5.26 Å². The van der Waals surface area contributed by atoms with Gasteiger partial charge in [0.05, 0.1) is 13.7 Å². The van der Waals surface area contributed by atoms with E-state index in [1.807, 2.05) is 42.5 Å². The van der Waals surface area contributed by atoms with Gasteiger partial charge in [-0.15, -0.1) is 0 Å². The Hall–Kier alpha value is -3.14. The number of aliphatic hydroxyl groups is 2. The molecule has 1 aromatic heterocycles. The molecule has 0 spiro atoms. The number of ether oxygens (including phenoxy) is 2. The lowest BCUT2D eigenvalue weighted by Crippen LogP contribution is -2.21. The molecule has 132 valence electrons. The molecule has 2 N–H and O–H groups in total. The lowest BCUT2D eigenvalue weighted by atomic mass is 9.97. The summed E-state index contributed by atoms with van der Waals surface area (Å²) in [5, 5.41) is 29.3. The summed E-state index contributed by atoms with van der Waals surface area (Å²) >= 11 is 0. The van der Waals surface area contributed by atoms with Crippen LogP contribution in [0, 0.1) is 11.3 Å². The molecule has 0 saturated heterocycles. The Morgan fingerprint density at radius 2 is 1.92 bits per heavy atom. The molecule has 1 atom stereocenters. The van der Waals surface area contributed by atoms with Crippen molar-refractivity contribution < 1.29 is 19.7 Å². The van der Waals surface area contributed by atoms with Crippen molar-refractivity contribution >= 4 is 10.8 Å². The number of nitriles is 1. The lowest BCUT2D eigenvalue weighted by Gasteiger charge is -2.16. The van der Waals surface area contributed by atoms with E-state index in [2.05, 4.69) is 4.98 Å². The molecule has 0 radical (unpaired) electrons. The number of hydrogen-bond acceptors (Lipinski definition) is 6. The van der Waals surface area contributed by atoms with Crippen molar-refractivity contribution in [1.82, 2.24) is 4.98 Å². The van der Waals surface area contributed by atoms with Gasteiger partial charge in [0.25, 0.3) is 0 Å². The van der Waals surface area contributed by atoms with Gasteiger partial charge in [0.15, 0.2) is 0 Å².